The number of hydrogen-bond donors (Lipinski definition) is 3. The van der Waals surface area contributed by atoms with Crippen LogP contribution < -0.4 is 4.84 Å². The molecule has 0 saturated heterocycles. The second-order valence-electron chi connectivity index (χ2n) is 2.83. The van der Waals surface area contributed by atoms with Gasteiger partial charge in [0.05, 0.1) is 12.1 Å². The van der Waals surface area contributed by atoms with E-state index in [1.807, 2.05) is 0 Å². The summed E-state index contributed by atoms with van der Waals surface area (Å²) in [5.74, 6) is -0.388. The van der Waals surface area contributed by atoms with Gasteiger partial charge < -0.3 is 10.2 Å². The summed E-state index contributed by atoms with van der Waals surface area (Å²) in [7, 11) is 0. The van der Waals surface area contributed by atoms with Gasteiger partial charge in [0, 0.05) is 12.5 Å². The fourth-order valence-electron chi connectivity index (χ4n) is 1.38. The number of nitrogens with one attached hydrogen (secondary N) is 1. The molecule has 0 amide bonds. The predicted octanol–water partition coefficient (Wildman–Crippen LogP) is 0.446. The molecule has 1 aliphatic carbocycles. The first-order valence-corrected chi connectivity index (χ1v) is 3.87. The van der Waals surface area contributed by atoms with Crippen molar-refractivity contribution in [1.82, 2.24) is 4.84 Å². The zero-order valence-corrected chi connectivity index (χ0v) is 6.63. The number of halogens is 2. The van der Waals surface area contributed by atoms with Crippen LogP contribution in [0.1, 0.15) is 13.8 Å². The van der Waals surface area contributed by atoms with Gasteiger partial charge in [0.1, 0.15) is 6.17 Å². The first kappa shape index (κ1) is 12.1. The lowest BCUT2D eigenvalue weighted by atomic mass is 10.1. The molecule has 5 heteroatoms. The Kier molecular flexibility index (Phi) is 5.01. The standard InChI is InChI=1S/C6H11ClFNO2.CH4/c7-9-4-1-3(2-10)6(11)5(4)8;/h3-6,9-11H,1-2H2;1H4/t3-,4-,5-,6-;/m1./s1. The van der Waals surface area contributed by atoms with Gasteiger partial charge in [-0.15, -0.1) is 0 Å². The molecule has 0 spiro atoms. The third-order valence-electron chi connectivity index (χ3n) is 2.12. The molecule has 1 fully saturated rings. The van der Waals surface area contributed by atoms with Crippen molar-refractivity contribution in [2.45, 2.75) is 32.2 Å². The lowest BCUT2D eigenvalue weighted by molar-refractivity contribution is 0.0430. The van der Waals surface area contributed by atoms with E-state index in [1.165, 1.54) is 0 Å². The molecule has 0 bridgehead atoms. The minimum absolute atomic E-state index is 0. The second kappa shape index (κ2) is 4.97. The molecule has 0 aliphatic heterocycles. The molecule has 0 aromatic carbocycles. The summed E-state index contributed by atoms with van der Waals surface area (Å²) in [6.07, 6.45) is -2.08. The van der Waals surface area contributed by atoms with E-state index in [1.54, 1.807) is 0 Å². The van der Waals surface area contributed by atoms with Gasteiger partial charge in [-0.3, -0.25) is 0 Å². The fraction of sp³-hybridized carbons (Fsp3) is 1.00. The van der Waals surface area contributed by atoms with Crippen molar-refractivity contribution in [3.05, 3.63) is 0 Å². The maximum Gasteiger partial charge on any atom is 0.143 e. The molecular weight excluding hydrogens is 185 g/mol. The second-order valence-corrected chi connectivity index (χ2v) is 3.05. The first-order valence-electron chi connectivity index (χ1n) is 3.50. The highest BCUT2D eigenvalue weighted by molar-refractivity contribution is 6.13. The number of aliphatic hydroxyl groups is 2. The summed E-state index contributed by atoms with van der Waals surface area (Å²) in [6, 6.07) is -0.538. The Morgan fingerprint density at radius 2 is 2.17 bits per heavy atom. The molecule has 1 rings (SSSR count). The van der Waals surface area contributed by atoms with E-state index in [0.717, 1.165) is 0 Å². The number of aliphatic hydroxyl groups excluding tert-OH is 2. The van der Waals surface area contributed by atoms with Crippen LogP contribution in [0.2, 0.25) is 0 Å². The molecule has 3 nitrogen and oxygen atoms in total. The molecule has 4 atom stereocenters. The minimum atomic E-state index is -1.37. The lowest BCUT2D eigenvalue weighted by Gasteiger charge is -2.11. The number of alkyl halides is 1. The van der Waals surface area contributed by atoms with Crippen molar-refractivity contribution in [2.75, 3.05) is 6.61 Å². The smallest absolute Gasteiger partial charge is 0.143 e. The average molecular weight is 200 g/mol. The van der Waals surface area contributed by atoms with Gasteiger partial charge in [-0.2, -0.15) is 0 Å². The van der Waals surface area contributed by atoms with Crippen molar-refractivity contribution in [1.29, 1.82) is 0 Å². The van der Waals surface area contributed by atoms with Crippen LogP contribution in [-0.2, 0) is 0 Å². The summed E-state index contributed by atoms with van der Waals surface area (Å²) in [5.41, 5.74) is 0. The van der Waals surface area contributed by atoms with Gasteiger partial charge in [-0.25, -0.2) is 9.23 Å². The minimum Gasteiger partial charge on any atom is -0.396 e. The molecule has 3 N–H and O–H groups in total. The normalized spacial score (nSPS) is 41.0. The van der Waals surface area contributed by atoms with Crippen LogP contribution in [0.4, 0.5) is 4.39 Å². The largest absolute Gasteiger partial charge is 0.396 e. The van der Waals surface area contributed by atoms with Crippen LogP contribution in [0.5, 0.6) is 0 Å². The van der Waals surface area contributed by atoms with Gasteiger partial charge in [0.15, 0.2) is 0 Å². The fourth-order valence-corrected chi connectivity index (χ4v) is 1.59. The Labute approximate surface area is 76.6 Å². The first-order chi connectivity index (χ1) is 5.20. The highest BCUT2D eigenvalue weighted by atomic mass is 35.5. The van der Waals surface area contributed by atoms with Gasteiger partial charge >= 0.3 is 0 Å². The van der Waals surface area contributed by atoms with Crippen LogP contribution >= 0.6 is 11.8 Å². The van der Waals surface area contributed by atoms with E-state index in [-0.39, 0.29) is 20.0 Å². The maximum atomic E-state index is 12.9. The SMILES string of the molecule is C.OC[C@H]1C[C@@H](NCl)[C@@H](F)[C@@H]1O. The zero-order chi connectivity index (χ0) is 8.43. The average Bonchev–Trinajstić information content (AvgIpc) is 2.30. The van der Waals surface area contributed by atoms with Crippen LogP contribution in [0.15, 0.2) is 0 Å². The predicted molar refractivity (Wildman–Crippen MR) is 45.6 cm³/mol. The third-order valence-corrected chi connectivity index (χ3v) is 2.41. The molecule has 0 aromatic heterocycles. The summed E-state index contributed by atoms with van der Waals surface area (Å²) in [6.45, 7) is -0.198. The van der Waals surface area contributed by atoms with Gasteiger partial charge in [0.25, 0.3) is 0 Å². The van der Waals surface area contributed by atoms with Crippen molar-refractivity contribution < 1.29 is 14.6 Å². The molecule has 0 radical (unpaired) electrons. The Hall–Kier alpha value is 0.1000. The summed E-state index contributed by atoms with van der Waals surface area (Å²) in [4.78, 5) is 2.23. The summed E-state index contributed by atoms with van der Waals surface area (Å²) < 4.78 is 12.9. The highest BCUT2D eigenvalue weighted by Crippen LogP contribution is 2.28. The van der Waals surface area contributed by atoms with E-state index in [0.29, 0.717) is 6.42 Å². The monoisotopic (exact) mass is 199 g/mol. The van der Waals surface area contributed by atoms with Crippen LogP contribution in [0.3, 0.4) is 0 Å². The van der Waals surface area contributed by atoms with Crippen molar-refractivity contribution in [2.24, 2.45) is 5.92 Å². The topological polar surface area (TPSA) is 52.5 Å². The summed E-state index contributed by atoms with van der Waals surface area (Å²) in [5, 5.41) is 17.8. The van der Waals surface area contributed by atoms with Crippen molar-refractivity contribution in [3.8, 4) is 0 Å². The van der Waals surface area contributed by atoms with E-state index < -0.39 is 18.3 Å². The van der Waals surface area contributed by atoms with Gasteiger partial charge in [-0.05, 0) is 18.2 Å². The number of rotatable bonds is 2. The van der Waals surface area contributed by atoms with E-state index in [2.05, 4.69) is 4.84 Å². The lowest BCUT2D eigenvalue weighted by Crippen LogP contribution is -2.32. The molecular formula is C7H15ClFNO2. The quantitative estimate of drug-likeness (QED) is 0.566. The van der Waals surface area contributed by atoms with Crippen LogP contribution in [0.25, 0.3) is 0 Å². The van der Waals surface area contributed by atoms with Gasteiger partial charge in [-0.1, -0.05) is 7.43 Å². The van der Waals surface area contributed by atoms with E-state index in [9.17, 15) is 4.39 Å². The Balaban J connectivity index is 0.00000121. The van der Waals surface area contributed by atoms with E-state index in [4.69, 9.17) is 22.0 Å². The molecule has 1 saturated carbocycles. The molecule has 0 heterocycles. The Morgan fingerprint density at radius 3 is 2.42 bits per heavy atom. The Morgan fingerprint density at radius 1 is 1.58 bits per heavy atom. The molecule has 1 aliphatic rings. The maximum absolute atomic E-state index is 12.9. The highest BCUT2D eigenvalue weighted by Gasteiger charge is 2.42. The van der Waals surface area contributed by atoms with Crippen molar-refractivity contribution in [3.63, 3.8) is 0 Å². The molecule has 0 aromatic rings. The zero-order valence-electron chi connectivity index (χ0n) is 5.87. The van der Waals surface area contributed by atoms with E-state index >= 15 is 0 Å². The molecule has 0 unspecified atom stereocenters. The molecule has 12 heavy (non-hydrogen) atoms. The third kappa shape index (κ3) is 2.07. The van der Waals surface area contributed by atoms with Gasteiger partial charge in [0.2, 0.25) is 0 Å². The number of hydrogen-bond acceptors (Lipinski definition) is 3. The van der Waals surface area contributed by atoms with Crippen LogP contribution in [0, 0.1) is 5.92 Å². The molecule has 74 valence electrons. The summed E-state index contributed by atoms with van der Waals surface area (Å²) >= 11 is 5.21. The van der Waals surface area contributed by atoms with Crippen LogP contribution in [-0.4, -0.2) is 35.1 Å². The van der Waals surface area contributed by atoms with Crippen molar-refractivity contribution >= 4 is 11.8 Å². The Bertz CT molecular complexity index is 121.